The monoisotopic (exact) mass is 284 g/mol. The van der Waals surface area contributed by atoms with Gasteiger partial charge in [-0.3, -0.25) is 0 Å². The Kier molecular flexibility index (Phi) is 4.99. The highest BCUT2D eigenvalue weighted by molar-refractivity contribution is 5.89. The van der Waals surface area contributed by atoms with Crippen molar-refractivity contribution in [2.24, 2.45) is 5.92 Å². The van der Waals surface area contributed by atoms with E-state index in [0.717, 1.165) is 11.1 Å². The average molecular weight is 284 g/mol. The fraction of sp³-hybridized carbons (Fsp3) is 0.278. The number of aromatic hydroxyl groups is 1. The van der Waals surface area contributed by atoms with Crippen molar-refractivity contribution in [1.29, 1.82) is 0 Å². The summed E-state index contributed by atoms with van der Waals surface area (Å²) in [6.07, 6.45) is 0.633. The number of benzene rings is 2. The molecule has 0 bridgehead atoms. The first-order chi connectivity index (χ1) is 10.1. The van der Waals surface area contributed by atoms with Gasteiger partial charge in [-0.2, -0.15) is 0 Å². The Morgan fingerprint density at radius 3 is 2.38 bits per heavy atom. The summed E-state index contributed by atoms with van der Waals surface area (Å²) in [5.74, 6) is 0.324. The van der Waals surface area contributed by atoms with Gasteiger partial charge in [0.2, 0.25) is 0 Å². The van der Waals surface area contributed by atoms with Gasteiger partial charge in [0.15, 0.2) is 0 Å². The highest BCUT2D eigenvalue weighted by Gasteiger charge is 2.08. The van der Waals surface area contributed by atoms with Gasteiger partial charge < -0.3 is 9.84 Å². The Bertz CT molecular complexity index is 600. The zero-order valence-corrected chi connectivity index (χ0v) is 12.4. The number of ether oxygens (including phenoxy) is 1. The normalized spacial score (nSPS) is 10.6. The Labute approximate surface area is 125 Å². The lowest BCUT2D eigenvalue weighted by atomic mass is 10.0. The Hall–Kier alpha value is -2.29. The summed E-state index contributed by atoms with van der Waals surface area (Å²) in [6.45, 7) is 4.43. The molecule has 0 saturated carbocycles. The molecule has 0 aliphatic rings. The Balaban J connectivity index is 2.02. The predicted molar refractivity (Wildman–Crippen MR) is 82.5 cm³/mol. The molecule has 0 saturated heterocycles. The van der Waals surface area contributed by atoms with Gasteiger partial charge >= 0.3 is 5.97 Å². The number of para-hydroxylation sites is 1. The second-order valence-electron chi connectivity index (χ2n) is 5.49. The van der Waals surface area contributed by atoms with E-state index in [9.17, 15) is 9.90 Å². The summed E-state index contributed by atoms with van der Waals surface area (Å²) in [7, 11) is 0. The largest absolute Gasteiger partial charge is 0.508 e. The van der Waals surface area contributed by atoms with Crippen LogP contribution < -0.4 is 0 Å². The molecule has 3 nitrogen and oxygen atoms in total. The fourth-order valence-corrected chi connectivity index (χ4v) is 1.96. The zero-order valence-electron chi connectivity index (χ0n) is 12.4. The van der Waals surface area contributed by atoms with Crippen molar-refractivity contribution in [3.8, 4) is 5.75 Å². The Morgan fingerprint density at radius 1 is 1.10 bits per heavy atom. The molecule has 110 valence electrons. The van der Waals surface area contributed by atoms with E-state index in [1.807, 2.05) is 38.1 Å². The van der Waals surface area contributed by atoms with E-state index in [2.05, 4.69) is 0 Å². The number of hydrogen-bond acceptors (Lipinski definition) is 3. The van der Waals surface area contributed by atoms with Crippen molar-refractivity contribution >= 4 is 5.97 Å². The topological polar surface area (TPSA) is 46.5 Å². The first-order valence-electron chi connectivity index (χ1n) is 7.09. The van der Waals surface area contributed by atoms with Crippen molar-refractivity contribution in [3.63, 3.8) is 0 Å². The number of phenolic OH excluding ortho intramolecular Hbond substituents is 1. The summed E-state index contributed by atoms with van der Waals surface area (Å²) >= 11 is 0. The Morgan fingerprint density at radius 2 is 1.76 bits per heavy atom. The van der Waals surface area contributed by atoms with Crippen molar-refractivity contribution < 1.29 is 14.6 Å². The first kappa shape index (κ1) is 15.1. The SMILES string of the molecule is CC(C)COC(=O)c1ccc(Cc2ccccc2O)cc1. The van der Waals surface area contributed by atoms with Crippen molar-refractivity contribution in [2.75, 3.05) is 6.61 Å². The minimum Gasteiger partial charge on any atom is -0.508 e. The summed E-state index contributed by atoms with van der Waals surface area (Å²) in [5, 5.41) is 9.76. The molecule has 2 aromatic rings. The van der Waals surface area contributed by atoms with E-state index in [0.29, 0.717) is 24.5 Å². The van der Waals surface area contributed by atoms with Crippen LogP contribution in [0.3, 0.4) is 0 Å². The third-order valence-corrected chi connectivity index (χ3v) is 3.12. The predicted octanol–water partition coefficient (Wildman–Crippen LogP) is 3.80. The number of carbonyl (C=O) groups excluding carboxylic acids is 1. The van der Waals surface area contributed by atoms with E-state index >= 15 is 0 Å². The average Bonchev–Trinajstić information content (AvgIpc) is 2.48. The molecule has 2 rings (SSSR count). The number of hydrogen-bond donors (Lipinski definition) is 1. The van der Waals surface area contributed by atoms with Crippen LogP contribution in [-0.2, 0) is 11.2 Å². The molecule has 0 atom stereocenters. The van der Waals surface area contributed by atoms with Crippen molar-refractivity contribution in [1.82, 2.24) is 0 Å². The lowest BCUT2D eigenvalue weighted by Gasteiger charge is -2.08. The zero-order chi connectivity index (χ0) is 15.2. The highest BCUT2D eigenvalue weighted by atomic mass is 16.5. The van der Waals surface area contributed by atoms with Gasteiger partial charge in [0.25, 0.3) is 0 Å². The molecular weight excluding hydrogens is 264 g/mol. The maximum absolute atomic E-state index is 11.8. The summed E-state index contributed by atoms with van der Waals surface area (Å²) in [4.78, 5) is 11.8. The molecule has 0 radical (unpaired) electrons. The molecule has 3 heteroatoms. The van der Waals surface area contributed by atoms with Gasteiger partial charge in [0.1, 0.15) is 5.75 Å². The van der Waals surface area contributed by atoms with Crippen LogP contribution in [0, 0.1) is 5.92 Å². The second-order valence-corrected chi connectivity index (χ2v) is 5.49. The number of rotatable bonds is 5. The van der Waals surface area contributed by atoms with E-state index in [1.165, 1.54) is 0 Å². The molecule has 0 aliphatic heterocycles. The van der Waals surface area contributed by atoms with Gasteiger partial charge in [-0.25, -0.2) is 4.79 Å². The van der Waals surface area contributed by atoms with Crippen LogP contribution in [-0.4, -0.2) is 17.7 Å². The fourth-order valence-electron chi connectivity index (χ4n) is 1.96. The van der Waals surface area contributed by atoms with Crippen molar-refractivity contribution in [3.05, 3.63) is 65.2 Å². The van der Waals surface area contributed by atoms with E-state index < -0.39 is 0 Å². The maximum Gasteiger partial charge on any atom is 0.338 e. The number of esters is 1. The van der Waals surface area contributed by atoms with Crippen molar-refractivity contribution in [2.45, 2.75) is 20.3 Å². The van der Waals surface area contributed by atoms with Crippen LogP contribution >= 0.6 is 0 Å². The summed E-state index contributed by atoms with van der Waals surface area (Å²) in [6, 6.07) is 14.6. The molecule has 0 spiro atoms. The number of carbonyl (C=O) groups is 1. The van der Waals surface area contributed by atoms with E-state index in [1.54, 1.807) is 24.3 Å². The minimum absolute atomic E-state index is 0.290. The third kappa shape index (κ3) is 4.35. The molecular formula is C18H20O3. The smallest absolute Gasteiger partial charge is 0.338 e. The molecule has 0 fully saturated rings. The quantitative estimate of drug-likeness (QED) is 0.850. The van der Waals surface area contributed by atoms with Crippen LogP contribution in [0.15, 0.2) is 48.5 Å². The van der Waals surface area contributed by atoms with Crippen LogP contribution in [0.1, 0.15) is 35.3 Å². The molecule has 0 heterocycles. The summed E-state index contributed by atoms with van der Waals surface area (Å²) < 4.78 is 5.19. The van der Waals surface area contributed by atoms with Gasteiger partial charge in [0, 0.05) is 6.42 Å². The first-order valence-corrected chi connectivity index (χ1v) is 7.09. The standard InChI is InChI=1S/C18H20O3/c1-13(2)12-21-18(20)15-9-7-14(8-10-15)11-16-5-3-4-6-17(16)19/h3-10,13,19H,11-12H2,1-2H3. The molecule has 21 heavy (non-hydrogen) atoms. The lowest BCUT2D eigenvalue weighted by molar-refractivity contribution is 0.0459. The highest BCUT2D eigenvalue weighted by Crippen LogP contribution is 2.20. The molecule has 1 N–H and O–H groups in total. The van der Waals surface area contributed by atoms with Gasteiger partial charge in [-0.1, -0.05) is 44.2 Å². The number of phenols is 1. The molecule has 0 aromatic heterocycles. The van der Waals surface area contributed by atoms with Gasteiger partial charge in [-0.05, 0) is 35.2 Å². The van der Waals surface area contributed by atoms with Crippen LogP contribution in [0.25, 0.3) is 0 Å². The summed E-state index contributed by atoms with van der Waals surface area (Å²) in [5.41, 5.74) is 2.46. The van der Waals surface area contributed by atoms with Gasteiger partial charge in [0.05, 0.1) is 12.2 Å². The molecule has 0 aliphatic carbocycles. The second kappa shape index (κ2) is 6.93. The lowest BCUT2D eigenvalue weighted by Crippen LogP contribution is -2.10. The van der Waals surface area contributed by atoms with Gasteiger partial charge in [-0.15, -0.1) is 0 Å². The molecule has 0 unspecified atom stereocenters. The van der Waals surface area contributed by atoms with Crippen LogP contribution in [0.4, 0.5) is 0 Å². The molecule has 2 aromatic carbocycles. The third-order valence-electron chi connectivity index (χ3n) is 3.12. The molecule has 0 amide bonds. The van der Waals surface area contributed by atoms with E-state index in [4.69, 9.17) is 4.74 Å². The van der Waals surface area contributed by atoms with E-state index in [-0.39, 0.29) is 11.7 Å². The minimum atomic E-state index is -0.294. The van der Waals surface area contributed by atoms with Crippen LogP contribution in [0.5, 0.6) is 5.75 Å². The van der Waals surface area contributed by atoms with Crippen LogP contribution in [0.2, 0.25) is 0 Å². The maximum atomic E-state index is 11.8.